The number of morpholine rings is 1. The highest BCUT2D eigenvalue weighted by molar-refractivity contribution is 5.89. The molecule has 3 amide bonds. The lowest BCUT2D eigenvalue weighted by Gasteiger charge is -2.36. The average molecular weight is 453 g/mol. The molecule has 0 saturated carbocycles. The summed E-state index contributed by atoms with van der Waals surface area (Å²) >= 11 is 0. The van der Waals surface area contributed by atoms with E-state index in [4.69, 9.17) is 4.74 Å². The van der Waals surface area contributed by atoms with Crippen molar-refractivity contribution in [3.8, 4) is 5.75 Å². The fraction of sp³-hybridized carbons (Fsp3) is 0.333. The van der Waals surface area contributed by atoms with Gasteiger partial charge in [0.05, 0.1) is 18.7 Å². The van der Waals surface area contributed by atoms with E-state index in [1.807, 2.05) is 0 Å². The van der Waals surface area contributed by atoms with Crippen molar-refractivity contribution in [2.24, 2.45) is 0 Å². The molecule has 2 atom stereocenters. The fourth-order valence-corrected chi connectivity index (χ4v) is 3.77. The minimum Gasteiger partial charge on any atom is -0.406 e. The van der Waals surface area contributed by atoms with E-state index >= 15 is 0 Å². The summed E-state index contributed by atoms with van der Waals surface area (Å²) < 4.78 is 59.5. The van der Waals surface area contributed by atoms with Crippen LogP contribution in [0.5, 0.6) is 5.75 Å². The van der Waals surface area contributed by atoms with Crippen molar-refractivity contribution in [2.75, 3.05) is 25.0 Å². The quantitative estimate of drug-likeness (QED) is 0.721. The van der Waals surface area contributed by atoms with E-state index in [1.54, 1.807) is 4.90 Å². The second-order valence-corrected chi connectivity index (χ2v) is 7.47. The Morgan fingerprint density at radius 3 is 2.44 bits per heavy atom. The number of halogens is 4. The molecule has 1 N–H and O–H groups in total. The number of nitrogens with one attached hydrogen (secondary N) is 1. The Balaban J connectivity index is 1.41. The van der Waals surface area contributed by atoms with Gasteiger partial charge >= 0.3 is 12.4 Å². The van der Waals surface area contributed by atoms with Gasteiger partial charge in [-0.15, -0.1) is 13.2 Å². The number of benzene rings is 2. The number of carbonyl (C=O) groups is 2. The van der Waals surface area contributed by atoms with Gasteiger partial charge in [0.1, 0.15) is 18.2 Å². The fourth-order valence-electron chi connectivity index (χ4n) is 3.77. The van der Waals surface area contributed by atoms with Crippen LogP contribution in [0.4, 0.5) is 28.0 Å². The number of ether oxygens (including phenoxy) is 2. The highest BCUT2D eigenvalue weighted by atomic mass is 19.4. The van der Waals surface area contributed by atoms with Crippen molar-refractivity contribution in [3.63, 3.8) is 0 Å². The summed E-state index contributed by atoms with van der Waals surface area (Å²) in [5, 5.41) is 2.68. The van der Waals surface area contributed by atoms with Gasteiger partial charge in [-0.3, -0.25) is 4.79 Å². The second kappa shape index (κ2) is 8.65. The van der Waals surface area contributed by atoms with Gasteiger partial charge in [-0.05, 0) is 42.0 Å². The van der Waals surface area contributed by atoms with Gasteiger partial charge in [0.15, 0.2) is 0 Å². The van der Waals surface area contributed by atoms with Crippen LogP contribution in [0.15, 0.2) is 48.5 Å². The lowest BCUT2D eigenvalue weighted by Crippen LogP contribution is -2.53. The SMILES string of the molecule is O=C(Nc1ccc(F)cc1)N1CC2OCC(=O)N(Cc3ccc(OC(F)(F)F)cc3)C2C1. The Labute approximate surface area is 180 Å². The highest BCUT2D eigenvalue weighted by Gasteiger charge is 2.44. The average Bonchev–Trinajstić information content (AvgIpc) is 3.17. The van der Waals surface area contributed by atoms with Gasteiger partial charge in [-0.2, -0.15) is 0 Å². The molecule has 11 heteroatoms. The number of amides is 3. The van der Waals surface area contributed by atoms with E-state index in [0.717, 1.165) is 0 Å². The largest absolute Gasteiger partial charge is 0.573 e. The molecule has 32 heavy (non-hydrogen) atoms. The van der Waals surface area contributed by atoms with Crippen LogP contribution < -0.4 is 10.1 Å². The molecule has 7 nitrogen and oxygen atoms in total. The first-order chi connectivity index (χ1) is 15.2. The maximum Gasteiger partial charge on any atom is 0.573 e. The van der Waals surface area contributed by atoms with E-state index in [1.165, 1.54) is 53.4 Å². The molecular formula is C21H19F4N3O4. The Morgan fingerprint density at radius 2 is 1.78 bits per heavy atom. The molecule has 2 aliphatic heterocycles. The highest BCUT2D eigenvalue weighted by Crippen LogP contribution is 2.27. The number of likely N-dealkylation sites (tertiary alicyclic amines) is 1. The van der Waals surface area contributed by atoms with Crippen molar-refractivity contribution in [1.82, 2.24) is 9.80 Å². The van der Waals surface area contributed by atoms with E-state index in [9.17, 15) is 27.2 Å². The molecular weight excluding hydrogens is 434 g/mol. The summed E-state index contributed by atoms with van der Waals surface area (Å²) in [6.07, 6.45) is -5.17. The standard InChI is InChI=1S/C21H19F4N3O4/c22-14-3-5-15(6-4-14)26-20(30)27-10-17-18(11-27)31-12-19(29)28(17)9-13-1-7-16(8-2-13)32-21(23,24)25/h1-8,17-18H,9-12H2,(H,26,30). The minimum absolute atomic E-state index is 0.149. The normalized spacial score (nSPS) is 20.8. The second-order valence-electron chi connectivity index (χ2n) is 7.47. The number of alkyl halides is 3. The predicted molar refractivity (Wildman–Crippen MR) is 104 cm³/mol. The van der Waals surface area contributed by atoms with Crippen LogP contribution in [0.25, 0.3) is 0 Å². The van der Waals surface area contributed by atoms with Crippen LogP contribution in [0.3, 0.4) is 0 Å². The van der Waals surface area contributed by atoms with Crippen molar-refractivity contribution in [1.29, 1.82) is 0 Å². The molecule has 0 aromatic heterocycles. The molecule has 2 aliphatic rings. The van der Waals surface area contributed by atoms with Crippen LogP contribution in [-0.2, 0) is 16.1 Å². The summed E-state index contributed by atoms with van der Waals surface area (Å²) in [7, 11) is 0. The molecule has 2 unspecified atom stereocenters. The monoisotopic (exact) mass is 453 g/mol. The summed E-state index contributed by atoms with van der Waals surface area (Å²) in [6.45, 7) is 0.492. The van der Waals surface area contributed by atoms with Crippen LogP contribution in [0, 0.1) is 5.82 Å². The molecule has 2 aromatic rings. The van der Waals surface area contributed by atoms with Gasteiger partial charge in [0.25, 0.3) is 0 Å². The Hall–Kier alpha value is -3.34. The summed E-state index contributed by atoms with van der Waals surface area (Å²) in [5.74, 6) is -1.05. The number of anilines is 1. The van der Waals surface area contributed by atoms with Gasteiger partial charge in [0.2, 0.25) is 5.91 Å². The molecule has 0 radical (unpaired) electrons. The number of nitrogens with zero attached hydrogens (tertiary/aromatic N) is 2. The third kappa shape index (κ3) is 5.10. The molecule has 4 rings (SSSR count). The maximum absolute atomic E-state index is 13.0. The number of urea groups is 1. The van der Waals surface area contributed by atoms with Crippen LogP contribution >= 0.6 is 0 Å². The molecule has 0 aliphatic carbocycles. The lowest BCUT2D eigenvalue weighted by atomic mass is 10.1. The molecule has 2 fully saturated rings. The first kappa shape index (κ1) is 21.9. The van der Waals surface area contributed by atoms with Crippen LogP contribution in [-0.4, -0.2) is 59.9 Å². The number of rotatable bonds is 4. The van der Waals surface area contributed by atoms with Gasteiger partial charge < -0.3 is 24.6 Å². The van der Waals surface area contributed by atoms with E-state index < -0.39 is 24.3 Å². The first-order valence-electron chi connectivity index (χ1n) is 9.75. The molecule has 2 saturated heterocycles. The third-order valence-electron chi connectivity index (χ3n) is 5.27. The molecule has 0 spiro atoms. The summed E-state index contributed by atoms with van der Waals surface area (Å²) in [5.41, 5.74) is 1.05. The van der Waals surface area contributed by atoms with Crippen molar-refractivity contribution in [3.05, 3.63) is 59.9 Å². The van der Waals surface area contributed by atoms with Crippen LogP contribution in [0.2, 0.25) is 0 Å². The summed E-state index contributed by atoms with van der Waals surface area (Å²) in [4.78, 5) is 28.1. The Bertz CT molecular complexity index is 982. The van der Waals surface area contributed by atoms with E-state index in [-0.39, 0.29) is 44.0 Å². The summed E-state index contributed by atoms with van der Waals surface area (Å²) in [6, 6.07) is 9.80. The van der Waals surface area contributed by atoms with Gasteiger partial charge in [0, 0.05) is 18.8 Å². The molecule has 170 valence electrons. The Morgan fingerprint density at radius 1 is 1.09 bits per heavy atom. The van der Waals surface area contributed by atoms with E-state index in [2.05, 4.69) is 10.1 Å². The first-order valence-corrected chi connectivity index (χ1v) is 9.75. The molecule has 2 heterocycles. The number of hydrogen-bond acceptors (Lipinski definition) is 4. The van der Waals surface area contributed by atoms with Gasteiger partial charge in [-0.25, -0.2) is 9.18 Å². The minimum atomic E-state index is -4.78. The number of hydrogen-bond donors (Lipinski definition) is 1. The topological polar surface area (TPSA) is 71.1 Å². The molecule has 0 bridgehead atoms. The Kier molecular flexibility index (Phi) is 5.92. The zero-order chi connectivity index (χ0) is 22.9. The third-order valence-corrected chi connectivity index (χ3v) is 5.27. The van der Waals surface area contributed by atoms with Crippen molar-refractivity contribution < 1.29 is 36.6 Å². The van der Waals surface area contributed by atoms with Gasteiger partial charge in [-0.1, -0.05) is 12.1 Å². The lowest BCUT2D eigenvalue weighted by molar-refractivity contribution is -0.274. The predicted octanol–water partition coefficient (Wildman–Crippen LogP) is 3.37. The van der Waals surface area contributed by atoms with Crippen molar-refractivity contribution >= 4 is 17.6 Å². The maximum atomic E-state index is 13.0. The smallest absolute Gasteiger partial charge is 0.406 e. The van der Waals surface area contributed by atoms with Crippen molar-refractivity contribution in [2.45, 2.75) is 25.1 Å². The molecule has 2 aromatic carbocycles. The van der Waals surface area contributed by atoms with Crippen LogP contribution in [0.1, 0.15) is 5.56 Å². The zero-order valence-corrected chi connectivity index (χ0v) is 16.6. The zero-order valence-electron chi connectivity index (χ0n) is 16.6. The number of carbonyl (C=O) groups excluding carboxylic acids is 2. The number of fused-ring (bicyclic) bond motifs is 1. The van der Waals surface area contributed by atoms with E-state index in [0.29, 0.717) is 11.3 Å².